The summed E-state index contributed by atoms with van der Waals surface area (Å²) in [6.07, 6.45) is 2.74. The molecule has 1 fully saturated rings. The van der Waals surface area contributed by atoms with E-state index in [2.05, 4.69) is 55.2 Å². The van der Waals surface area contributed by atoms with Crippen LogP contribution in [0.3, 0.4) is 0 Å². The smallest absolute Gasteiger partial charge is 0.0256 e. The van der Waals surface area contributed by atoms with Gasteiger partial charge >= 0.3 is 0 Å². The maximum Gasteiger partial charge on any atom is 0.0256 e. The number of hydrogen-bond acceptors (Lipinski definition) is 2. The van der Waals surface area contributed by atoms with Crippen molar-refractivity contribution >= 4 is 11.8 Å². The lowest BCUT2D eigenvalue weighted by molar-refractivity contribution is 0.536. The van der Waals surface area contributed by atoms with E-state index in [9.17, 15) is 0 Å². The van der Waals surface area contributed by atoms with Gasteiger partial charge in [-0.05, 0) is 43.6 Å². The monoisotopic (exact) mass is 235 g/mol. The van der Waals surface area contributed by atoms with E-state index in [4.69, 9.17) is 0 Å². The molecule has 16 heavy (non-hydrogen) atoms. The van der Waals surface area contributed by atoms with Crippen LogP contribution in [-0.2, 0) is 6.54 Å². The lowest BCUT2D eigenvalue weighted by Crippen LogP contribution is -2.32. The summed E-state index contributed by atoms with van der Waals surface area (Å²) in [5, 5.41) is 3.60. The molecule has 1 saturated heterocycles. The fourth-order valence-corrected chi connectivity index (χ4v) is 3.52. The summed E-state index contributed by atoms with van der Waals surface area (Å²) in [6, 6.07) is 8.62. The zero-order valence-electron chi connectivity index (χ0n) is 10.3. The van der Waals surface area contributed by atoms with E-state index in [-0.39, 0.29) is 0 Å². The number of rotatable bonds is 4. The molecule has 2 heteroatoms. The Balaban J connectivity index is 1.82. The number of aryl methyl sites for hydroxylation is 1. The van der Waals surface area contributed by atoms with Crippen molar-refractivity contribution in [3.8, 4) is 0 Å². The van der Waals surface area contributed by atoms with Crippen LogP contribution in [0.2, 0.25) is 0 Å². The molecule has 1 aliphatic heterocycles. The minimum Gasteiger partial charge on any atom is -0.311 e. The van der Waals surface area contributed by atoms with Crippen molar-refractivity contribution < 1.29 is 0 Å². The third-order valence-corrected chi connectivity index (χ3v) is 4.91. The molecular weight excluding hydrogens is 214 g/mol. The van der Waals surface area contributed by atoms with Crippen LogP contribution in [0.25, 0.3) is 0 Å². The number of thioether (sulfide) groups is 1. The fourth-order valence-electron chi connectivity index (χ4n) is 2.25. The largest absolute Gasteiger partial charge is 0.311 e. The van der Waals surface area contributed by atoms with Crippen LogP contribution in [0, 0.1) is 6.92 Å². The van der Waals surface area contributed by atoms with Gasteiger partial charge < -0.3 is 5.32 Å². The second-order valence-corrected chi connectivity index (χ2v) is 6.61. The number of hydrogen-bond donors (Lipinski definition) is 1. The first-order valence-electron chi connectivity index (χ1n) is 6.09. The predicted octanol–water partition coefficient (Wildman–Crippen LogP) is 3.37. The maximum atomic E-state index is 3.60. The fraction of sp³-hybridized carbons (Fsp3) is 0.571. The molecule has 1 nitrogen and oxygen atoms in total. The molecule has 0 aromatic heterocycles. The number of benzene rings is 1. The molecule has 2 rings (SSSR count). The maximum absolute atomic E-state index is 3.60. The van der Waals surface area contributed by atoms with Crippen molar-refractivity contribution in [1.29, 1.82) is 0 Å². The van der Waals surface area contributed by atoms with Gasteiger partial charge in [-0.2, -0.15) is 11.8 Å². The van der Waals surface area contributed by atoms with Crippen LogP contribution in [-0.4, -0.2) is 17.0 Å². The lowest BCUT2D eigenvalue weighted by atomic mass is 10.1. The van der Waals surface area contributed by atoms with Gasteiger partial charge in [0.25, 0.3) is 0 Å². The Bertz CT molecular complexity index is 342. The summed E-state index contributed by atoms with van der Waals surface area (Å²) in [5.74, 6) is 1.34. The van der Waals surface area contributed by atoms with E-state index in [0.717, 1.165) is 13.1 Å². The molecule has 1 N–H and O–H groups in total. The highest BCUT2D eigenvalue weighted by molar-refractivity contribution is 8.00. The number of nitrogens with one attached hydrogen (secondary N) is 1. The first-order chi connectivity index (χ1) is 7.70. The van der Waals surface area contributed by atoms with Gasteiger partial charge in [-0.1, -0.05) is 24.3 Å². The van der Waals surface area contributed by atoms with Crippen LogP contribution in [0.5, 0.6) is 0 Å². The molecule has 0 spiro atoms. The molecule has 1 aliphatic rings. The SMILES string of the molecule is Cc1ccccc1CNCC1(C)CCCS1. The highest BCUT2D eigenvalue weighted by atomic mass is 32.2. The normalized spacial score (nSPS) is 24.9. The minimum absolute atomic E-state index is 0.475. The highest BCUT2D eigenvalue weighted by Gasteiger charge is 2.28. The van der Waals surface area contributed by atoms with Gasteiger partial charge in [0.1, 0.15) is 0 Å². The Morgan fingerprint density at radius 2 is 2.19 bits per heavy atom. The van der Waals surface area contributed by atoms with Gasteiger partial charge in [0.05, 0.1) is 0 Å². The van der Waals surface area contributed by atoms with Crippen molar-refractivity contribution in [1.82, 2.24) is 5.32 Å². The predicted molar refractivity (Wildman–Crippen MR) is 73.0 cm³/mol. The molecule has 88 valence electrons. The van der Waals surface area contributed by atoms with E-state index in [1.165, 1.54) is 29.7 Å². The van der Waals surface area contributed by atoms with Crippen molar-refractivity contribution in [2.75, 3.05) is 12.3 Å². The summed E-state index contributed by atoms with van der Waals surface area (Å²) in [5.41, 5.74) is 2.81. The van der Waals surface area contributed by atoms with E-state index < -0.39 is 0 Å². The quantitative estimate of drug-likeness (QED) is 0.858. The first kappa shape index (κ1) is 12.0. The average molecular weight is 235 g/mol. The third kappa shape index (κ3) is 3.02. The molecule has 0 amide bonds. The lowest BCUT2D eigenvalue weighted by Gasteiger charge is -2.23. The zero-order chi connectivity index (χ0) is 11.4. The summed E-state index contributed by atoms with van der Waals surface area (Å²) in [4.78, 5) is 0. The standard InChI is InChI=1S/C14H21NS/c1-12-6-3-4-7-13(12)10-15-11-14(2)8-5-9-16-14/h3-4,6-7,15H,5,8-11H2,1-2H3. The third-order valence-electron chi connectivity index (χ3n) is 3.38. The van der Waals surface area contributed by atoms with Crippen LogP contribution in [0.4, 0.5) is 0 Å². The van der Waals surface area contributed by atoms with Crippen molar-refractivity contribution in [3.63, 3.8) is 0 Å². The molecule has 0 aliphatic carbocycles. The van der Waals surface area contributed by atoms with Crippen molar-refractivity contribution in [3.05, 3.63) is 35.4 Å². The molecular formula is C14H21NS. The van der Waals surface area contributed by atoms with Crippen LogP contribution in [0.1, 0.15) is 30.9 Å². The van der Waals surface area contributed by atoms with E-state index in [0.29, 0.717) is 4.75 Å². The van der Waals surface area contributed by atoms with E-state index >= 15 is 0 Å². The molecule has 1 heterocycles. The Morgan fingerprint density at radius 1 is 1.38 bits per heavy atom. The molecule has 1 unspecified atom stereocenters. The summed E-state index contributed by atoms with van der Waals surface area (Å²) < 4.78 is 0.475. The van der Waals surface area contributed by atoms with Gasteiger partial charge in [0.15, 0.2) is 0 Å². The molecule has 0 saturated carbocycles. The van der Waals surface area contributed by atoms with Crippen molar-refractivity contribution in [2.45, 2.75) is 38.0 Å². The van der Waals surface area contributed by atoms with Gasteiger partial charge in [0.2, 0.25) is 0 Å². The van der Waals surface area contributed by atoms with E-state index in [1.54, 1.807) is 0 Å². The van der Waals surface area contributed by atoms with Gasteiger partial charge in [-0.3, -0.25) is 0 Å². The molecule has 1 aromatic carbocycles. The van der Waals surface area contributed by atoms with Crippen LogP contribution >= 0.6 is 11.8 Å². The van der Waals surface area contributed by atoms with Crippen LogP contribution < -0.4 is 5.32 Å². The van der Waals surface area contributed by atoms with E-state index in [1.807, 2.05) is 0 Å². The van der Waals surface area contributed by atoms with Gasteiger partial charge in [-0.15, -0.1) is 0 Å². The highest BCUT2D eigenvalue weighted by Crippen LogP contribution is 2.36. The zero-order valence-corrected chi connectivity index (χ0v) is 11.1. The van der Waals surface area contributed by atoms with Gasteiger partial charge in [-0.25, -0.2) is 0 Å². The molecule has 1 aromatic rings. The van der Waals surface area contributed by atoms with Crippen molar-refractivity contribution in [2.24, 2.45) is 0 Å². The average Bonchev–Trinajstić information content (AvgIpc) is 2.68. The Morgan fingerprint density at radius 3 is 2.88 bits per heavy atom. The Hall–Kier alpha value is -0.470. The topological polar surface area (TPSA) is 12.0 Å². The van der Waals surface area contributed by atoms with Gasteiger partial charge in [0, 0.05) is 17.8 Å². The second-order valence-electron chi connectivity index (χ2n) is 4.93. The summed E-state index contributed by atoms with van der Waals surface area (Å²) in [6.45, 7) is 6.70. The Kier molecular flexibility index (Phi) is 3.93. The summed E-state index contributed by atoms with van der Waals surface area (Å²) in [7, 11) is 0. The molecule has 1 atom stereocenters. The molecule has 0 radical (unpaired) electrons. The molecule has 0 bridgehead atoms. The van der Waals surface area contributed by atoms with Crippen LogP contribution in [0.15, 0.2) is 24.3 Å². The summed E-state index contributed by atoms with van der Waals surface area (Å²) >= 11 is 2.12. The minimum atomic E-state index is 0.475. The second kappa shape index (κ2) is 5.24. The Labute approximate surface area is 103 Å². The first-order valence-corrected chi connectivity index (χ1v) is 7.07.